The summed E-state index contributed by atoms with van der Waals surface area (Å²) in [4.78, 5) is 0. The molecular formula is C16H25NOS. The Morgan fingerprint density at radius 2 is 2.16 bits per heavy atom. The van der Waals surface area contributed by atoms with Gasteiger partial charge in [0.2, 0.25) is 0 Å². The lowest BCUT2D eigenvalue weighted by Gasteiger charge is -2.36. The van der Waals surface area contributed by atoms with Crippen molar-refractivity contribution in [2.24, 2.45) is 0 Å². The van der Waals surface area contributed by atoms with Gasteiger partial charge in [0.25, 0.3) is 0 Å². The highest BCUT2D eigenvalue weighted by atomic mass is 32.2. The van der Waals surface area contributed by atoms with Crippen LogP contribution in [0.15, 0.2) is 24.3 Å². The molecule has 106 valence electrons. The van der Waals surface area contributed by atoms with Gasteiger partial charge in [-0.05, 0) is 44.2 Å². The highest BCUT2D eigenvalue weighted by Crippen LogP contribution is 2.37. The molecule has 3 heteroatoms. The molecule has 0 heterocycles. The van der Waals surface area contributed by atoms with E-state index in [2.05, 4.69) is 43.4 Å². The van der Waals surface area contributed by atoms with E-state index in [0.29, 0.717) is 11.3 Å². The van der Waals surface area contributed by atoms with Gasteiger partial charge in [0.05, 0.1) is 0 Å². The van der Waals surface area contributed by atoms with Crippen LogP contribution in [0.3, 0.4) is 0 Å². The number of nitrogens with one attached hydrogen (secondary N) is 1. The second-order valence-corrected chi connectivity index (χ2v) is 7.63. The van der Waals surface area contributed by atoms with E-state index >= 15 is 0 Å². The molecule has 1 fully saturated rings. The molecule has 1 aliphatic carbocycles. The fourth-order valence-corrected chi connectivity index (χ4v) is 3.09. The summed E-state index contributed by atoms with van der Waals surface area (Å²) in [7, 11) is -0.688. The Morgan fingerprint density at radius 1 is 1.42 bits per heavy atom. The molecule has 0 radical (unpaired) electrons. The van der Waals surface area contributed by atoms with Gasteiger partial charge >= 0.3 is 0 Å². The van der Waals surface area contributed by atoms with Crippen molar-refractivity contribution in [3.05, 3.63) is 35.4 Å². The fraction of sp³-hybridized carbons (Fsp3) is 0.625. The summed E-state index contributed by atoms with van der Waals surface area (Å²) in [6, 6.07) is 9.52. The molecule has 2 nitrogen and oxygen atoms in total. The molecule has 1 aromatic carbocycles. The van der Waals surface area contributed by atoms with Crippen molar-refractivity contribution in [3.8, 4) is 0 Å². The summed E-state index contributed by atoms with van der Waals surface area (Å²) in [5.74, 6) is 0.732. The Bertz CT molecular complexity index is 440. The third-order valence-corrected chi connectivity index (χ3v) is 5.57. The maximum absolute atomic E-state index is 11.3. The molecule has 1 saturated carbocycles. The van der Waals surface area contributed by atoms with Crippen molar-refractivity contribution in [1.82, 2.24) is 5.32 Å². The average molecular weight is 279 g/mol. The van der Waals surface area contributed by atoms with E-state index in [1.807, 2.05) is 0 Å². The van der Waals surface area contributed by atoms with Gasteiger partial charge in [0, 0.05) is 28.3 Å². The van der Waals surface area contributed by atoms with Crippen LogP contribution in [0.2, 0.25) is 0 Å². The Morgan fingerprint density at radius 3 is 2.79 bits per heavy atom. The lowest BCUT2D eigenvalue weighted by atomic mass is 9.75. The van der Waals surface area contributed by atoms with Gasteiger partial charge in [0.1, 0.15) is 0 Å². The molecule has 0 saturated heterocycles. The van der Waals surface area contributed by atoms with Gasteiger partial charge in [-0.15, -0.1) is 0 Å². The fourth-order valence-electron chi connectivity index (χ4n) is 2.64. The lowest BCUT2D eigenvalue weighted by molar-refractivity contribution is 0.290. The number of hydrogen-bond acceptors (Lipinski definition) is 2. The van der Waals surface area contributed by atoms with Gasteiger partial charge in [-0.1, -0.05) is 36.8 Å². The Hall–Kier alpha value is -0.670. The first-order valence-corrected chi connectivity index (χ1v) is 8.80. The third kappa shape index (κ3) is 4.15. The summed E-state index contributed by atoms with van der Waals surface area (Å²) in [6.45, 7) is 5.21. The SMILES string of the molecule is Cc1cccc(C2CC(NCCC(C)S(C)=O)C2)c1. The zero-order chi connectivity index (χ0) is 13.8. The van der Waals surface area contributed by atoms with Gasteiger partial charge in [-0.3, -0.25) is 4.21 Å². The van der Waals surface area contributed by atoms with Crippen LogP contribution < -0.4 is 5.32 Å². The van der Waals surface area contributed by atoms with E-state index in [1.165, 1.54) is 24.0 Å². The Labute approximate surface area is 119 Å². The molecule has 2 unspecified atom stereocenters. The molecular weight excluding hydrogens is 254 g/mol. The second-order valence-electron chi connectivity index (χ2n) is 5.83. The summed E-state index contributed by atoms with van der Waals surface area (Å²) in [5.41, 5.74) is 2.84. The topological polar surface area (TPSA) is 29.1 Å². The molecule has 19 heavy (non-hydrogen) atoms. The Kier molecular flexibility index (Phi) is 5.17. The number of benzene rings is 1. The van der Waals surface area contributed by atoms with E-state index < -0.39 is 10.8 Å². The van der Waals surface area contributed by atoms with Crippen LogP contribution >= 0.6 is 0 Å². The van der Waals surface area contributed by atoms with Crippen LogP contribution in [0.4, 0.5) is 0 Å². The van der Waals surface area contributed by atoms with Crippen molar-refractivity contribution in [2.75, 3.05) is 12.8 Å². The molecule has 1 aliphatic rings. The molecule has 0 bridgehead atoms. The number of rotatable bonds is 6. The van der Waals surface area contributed by atoms with Gasteiger partial charge in [-0.25, -0.2) is 0 Å². The van der Waals surface area contributed by atoms with E-state index in [9.17, 15) is 4.21 Å². The summed E-state index contributed by atoms with van der Waals surface area (Å²) >= 11 is 0. The van der Waals surface area contributed by atoms with Gasteiger partial charge < -0.3 is 5.32 Å². The largest absolute Gasteiger partial charge is 0.314 e. The van der Waals surface area contributed by atoms with E-state index in [4.69, 9.17) is 0 Å². The predicted molar refractivity (Wildman–Crippen MR) is 83.1 cm³/mol. The molecule has 1 N–H and O–H groups in total. The van der Waals surface area contributed by atoms with Crippen LogP contribution in [0.5, 0.6) is 0 Å². The van der Waals surface area contributed by atoms with Crippen molar-refractivity contribution in [3.63, 3.8) is 0 Å². The third-order valence-electron chi connectivity index (χ3n) is 4.20. The predicted octanol–water partition coefficient (Wildman–Crippen LogP) is 2.99. The second kappa shape index (κ2) is 6.67. The Balaban J connectivity index is 1.68. The molecule has 0 amide bonds. The first-order valence-electron chi connectivity index (χ1n) is 7.18. The summed E-state index contributed by atoms with van der Waals surface area (Å²) in [6.07, 6.45) is 5.29. The average Bonchev–Trinajstić information content (AvgIpc) is 2.31. The van der Waals surface area contributed by atoms with E-state index in [1.54, 1.807) is 6.26 Å². The smallest absolute Gasteiger partial charge is 0.0329 e. The van der Waals surface area contributed by atoms with Crippen molar-refractivity contribution < 1.29 is 4.21 Å². The monoisotopic (exact) mass is 279 g/mol. The van der Waals surface area contributed by atoms with Crippen LogP contribution in [0.25, 0.3) is 0 Å². The number of aryl methyl sites for hydroxylation is 1. The summed E-state index contributed by atoms with van der Waals surface area (Å²) < 4.78 is 11.3. The molecule has 0 aliphatic heterocycles. The van der Waals surface area contributed by atoms with Crippen LogP contribution in [-0.2, 0) is 10.8 Å². The molecule has 2 atom stereocenters. The van der Waals surface area contributed by atoms with Crippen LogP contribution in [0, 0.1) is 6.92 Å². The van der Waals surface area contributed by atoms with E-state index in [0.717, 1.165) is 18.9 Å². The van der Waals surface area contributed by atoms with Crippen LogP contribution in [0.1, 0.15) is 43.2 Å². The molecule has 1 aromatic rings. The van der Waals surface area contributed by atoms with Crippen molar-refractivity contribution in [1.29, 1.82) is 0 Å². The number of hydrogen-bond donors (Lipinski definition) is 1. The standard InChI is InChI=1S/C16H25NOS/c1-12-5-4-6-14(9-12)15-10-16(11-15)17-8-7-13(2)19(3)18/h4-6,9,13,15-17H,7-8,10-11H2,1-3H3. The maximum atomic E-state index is 11.3. The molecule has 2 rings (SSSR count). The minimum absolute atomic E-state index is 0.306. The van der Waals surface area contributed by atoms with E-state index in [-0.39, 0.29) is 0 Å². The normalized spacial score (nSPS) is 25.6. The van der Waals surface area contributed by atoms with Gasteiger partial charge in [-0.2, -0.15) is 0 Å². The zero-order valence-electron chi connectivity index (χ0n) is 12.2. The lowest BCUT2D eigenvalue weighted by Crippen LogP contribution is -2.41. The summed E-state index contributed by atoms with van der Waals surface area (Å²) in [5, 5.41) is 3.89. The molecule has 0 aromatic heterocycles. The highest BCUT2D eigenvalue weighted by molar-refractivity contribution is 7.84. The minimum Gasteiger partial charge on any atom is -0.314 e. The maximum Gasteiger partial charge on any atom is 0.0329 e. The highest BCUT2D eigenvalue weighted by Gasteiger charge is 2.29. The zero-order valence-corrected chi connectivity index (χ0v) is 13.0. The van der Waals surface area contributed by atoms with Crippen molar-refractivity contribution in [2.45, 2.75) is 50.3 Å². The molecule has 0 spiro atoms. The van der Waals surface area contributed by atoms with Crippen LogP contribution in [-0.4, -0.2) is 28.3 Å². The van der Waals surface area contributed by atoms with Gasteiger partial charge in [0.15, 0.2) is 0 Å². The minimum atomic E-state index is -0.688. The first kappa shape index (κ1) is 14.7. The first-order chi connectivity index (χ1) is 9.06. The van der Waals surface area contributed by atoms with Crippen molar-refractivity contribution >= 4 is 10.8 Å². The quantitative estimate of drug-likeness (QED) is 0.867.